The van der Waals surface area contributed by atoms with Crippen molar-refractivity contribution in [1.82, 2.24) is 0 Å². The van der Waals surface area contributed by atoms with Crippen molar-refractivity contribution in [1.29, 1.82) is 0 Å². The predicted octanol–water partition coefficient (Wildman–Crippen LogP) is 0.635. The van der Waals surface area contributed by atoms with Gasteiger partial charge in [-0.2, -0.15) is 0 Å². The summed E-state index contributed by atoms with van der Waals surface area (Å²) in [6, 6.07) is 7.42. The summed E-state index contributed by atoms with van der Waals surface area (Å²) in [7, 11) is 1.59. The number of methoxy groups -OCH3 is 1. The largest absolute Gasteiger partial charge is 0.495 e. The second-order valence-electron chi connectivity index (χ2n) is 2.80. The minimum Gasteiger partial charge on any atom is -0.495 e. The zero-order valence-electron chi connectivity index (χ0n) is 8.12. The number of ether oxygens (including phenoxy) is 1. The lowest BCUT2D eigenvalue weighted by atomic mass is 10.3. The van der Waals surface area contributed by atoms with Crippen molar-refractivity contribution in [3.63, 3.8) is 0 Å². The first-order valence-electron chi connectivity index (χ1n) is 4.36. The molecule has 1 rings (SSSR count). The van der Waals surface area contributed by atoms with E-state index in [9.17, 15) is 4.79 Å². The Balaban J connectivity index is 2.61. The molecule has 0 fully saturated rings. The molecular formula is C10H14N2O2. The number of benzene rings is 1. The van der Waals surface area contributed by atoms with Crippen LogP contribution in [0.15, 0.2) is 24.3 Å². The van der Waals surface area contributed by atoms with Crippen LogP contribution in [0.1, 0.15) is 0 Å². The second kappa shape index (κ2) is 5.24. The zero-order valence-corrected chi connectivity index (χ0v) is 8.12. The van der Waals surface area contributed by atoms with Gasteiger partial charge in [-0.25, -0.2) is 0 Å². The molecule has 14 heavy (non-hydrogen) atoms. The van der Waals surface area contributed by atoms with E-state index in [0.717, 1.165) is 11.4 Å². The summed E-state index contributed by atoms with van der Waals surface area (Å²) in [5.74, 6) is 0.688. The Hall–Kier alpha value is -1.55. The number of nitrogens with two attached hydrogens (primary N) is 1. The topological polar surface area (TPSA) is 64.3 Å². The van der Waals surface area contributed by atoms with Crippen LogP contribution in [-0.2, 0) is 4.79 Å². The van der Waals surface area contributed by atoms with Crippen molar-refractivity contribution >= 4 is 11.5 Å². The number of carbonyl (C=O) groups excluding carboxylic acids is 1. The van der Waals surface area contributed by atoms with Gasteiger partial charge in [0.2, 0.25) is 0 Å². The number of para-hydroxylation sites is 2. The quantitative estimate of drug-likeness (QED) is 0.721. The van der Waals surface area contributed by atoms with Gasteiger partial charge in [-0.05, 0) is 12.1 Å². The maximum absolute atomic E-state index is 11.0. The van der Waals surface area contributed by atoms with Crippen LogP contribution < -0.4 is 15.8 Å². The van der Waals surface area contributed by atoms with Crippen LogP contribution in [0.25, 0.3) is 0 Å². The average molecular weight is 194 g/mol. The summed E-state index contributed by atoms with van der Waals surface area (Å²) in [6.45, 7) is 0.291. The summed E-state index contributed by atoms with van der Waals surface area (Å²) in [5.41, 5.74) is 5.99. The minimum absolute atomic E-state index is 0.0316. The highest BCUT2D eigenvalue weighted by atomic mass is 16.5. The molecule has 0 aliphatic carbocycles. The Labute approximate surface area is 83.1 Å². The van der Waals surface area contributed by atoms with Crippen molar-refractivity contribution in [2.24, 2.45) is 5.73 Å². The molecule has 1 aromatic carbocycles. The maximum atomic E-state index is 11.0. The van der Waals surface area contributed by atoms with E-state index < -0.39 is 0 Å². The second-order valence-corrected chi connectivity index (χ2v) is 2.80. The Morgan fingerprint density at radius 1 is 1.50 bits per heavy atom. The van der Waals surface area contributed by atoms with Gasteiger partial charge in [0.1, 0.15) is 5.75 Å². The molecule has 0 saturated heterocycles. The molecule has 0 radical (unpaired) electrons. The summed E-state index contributed by atoms with van der Waals surface area (Å²) in [4.78, 5) is 11.0. The van der Waals surface area contributed by atoms with Crippen LogP contribution in [0.5, 0.6) is 5.75 Å². The van der Waals surface area contributed by atoms with Gasteiger partial charge in [-0.1, -0.05) is 12.1 Å². The van der Waals surface area contributed by atoms with Gasteiger partial charge < -0.3 is 15.8 Å². The van der Waals surface area contributed by atoms with Crippen LogP contribution in [-0.4, -0.2) is 26.0 Å². The van der Waals surface area contributed by atoms with Crippen molar-refractivity contribution < 1.29 is 9.53 Å². The van der Waals surface area contributed by atoms with Crippen LogP contribution in [0.2, 0.25) is 0 Å². The molecule has 1 aromatic rings. The molecule has 0 amide bonds. The summed E-state index contributed by atoms with van der Waals surface area (Å²) >= 11 is 0. The molecule has 0 atom stereocenters. The zero-order chi connectivity index (χ0) is 10.4. The lowest BCUT2D eigenvalue weighted by molar-refractivity contribution is -0.116. The number of hydrogen-bond acceptors (Lipinski definition) is 4. The van der Waals surface area contributed by atoms with Crippen molar-refractivity contribution in [2.75, 3.05) is 25.5 Å². The van der Waals surface area contributed by atoms with Crippen molar-refractivity contribution in [3.8, 4) is 5.75 Å². The number of ketones is 1. The minimum atomic E-state index is -0.0316. The summed E-state index contributed by atoms with van der Waals surface area (Å²) in [6.07, 6.45) is 0. The van der Waals surface area contributed by atoms with Crippen molar-refractivity contribution in [3.05, 3.63) is 24.3 Å². The number of Topliss-reactive ketones (excluding diaryl/α,β-unsaturated/α-hetero) is 1. The summed E-state index contributed by atoms with van der Waals surface area (Å²) in [5, 5.41) is 2.96. The fourth-order valence-corrected chi connectivity index (χ4v) is 1.06. The number of anilines is 1. The van der Waals surface area contributed by atoms with E-state index in [1.165, 1.54) is 0 Å². The van der Waals surface area contributed by atoms with Crippen LogP contribution >= 0.6 is 0 Å². The molecule has 3 N–H and O–H groups in total. The molecule has 0 spiro atoms. The number of carbonyl (C=O) groups is 1. The molecule has 4 heteroatoms. The van der Waals surface area contributed by atoms with Gasteiger partial charge in [0.05, 0.1) is 25.9 Å². The standard InChI is InChI=1S/C10H14N2O2/c1-14-10-5-3-2-4-9(10)12-7-8(13)6-11/h2-5,12H,6-7,11H2,1H3. The highest BCUT2D eigenvalue weighted by Gasteiger charge is 2.02. The van der Waals surface area contributed by atoms with Crippen LogP contribution in [0.3, 0.4) is 0 Å². The molecule has 0 aliphatic heterocycles. The monoisotopic (exact) mass is 194 g/mol. The van der Waals surface area contributed by atoms with Gasteiger partial charge in [0, 0.05) is 0 Å². The van der Waals surface area contributed by atoms with E-state index in [2.05, 4.69) is 5.32 Å². The smallest absolute Gasteiger partial charge is 0.165 e. The van der Waals surface area contributed by atoms with Crippen LogP contribution in [0.4, 0.5) is 5.69 Å². The number of rotatable bonds is 5. The highest BCUT2D eigenvalue weighted by molar-refractivity contribution is 5.84. The Bertz CT molecular complexity index is 313. The fourth-order valence-electron chi connectivity index (χ4n) is 1.06. The SMILES string of the molecule is COc1ccccc1NCC(=O)CN. The first kappa shape index (κ1) is 10.5. The number of nitrogens with one attached hydrogen (secondary N) is 1. The van der Waals surface area contributed by atoms with Crippen LogP contribution in [0, 0.1) is 0 Å². The normalized spacial score (nSPS) is 9.57. The molecule has 4 nitrogen and oxygen atoms in total. The first-order chi connectivity index (χ1) is 6.77. The van der Waals surface area contributed by atoms with Gasteiger partial charge in [-0.15, -0.1) is 0 Å². The van der Waals surface area contributed by atoms with E-state index in [0.29, 0.717) is 0 Å². The molecule has 0 aliphatic rings. The Morgan fingerprint density at radius 3 is 2.86 bits per heavy atom. The third kappa shape index (κ3) is 2.74. The fraction of sp³-hybridized carbons (Fsp3) is 0.300. The lowest BCUT2D eigenvalue weighted by Crippen LogP contribution is -2.22. The Kier molecular flexibility index (Phi) is 3.94. The average Bonchev–Trinajstić information content (AvgIpc) is 2.26. The molecule has 76 valence electrons. The first-order valence-corrected chi connectivity index (χ1v) is 4.36. The third-order valence-corrected chi connectivity index (χ3v) is 1.81. The van der Waals surface area contributed by atoms with Gasteiger partial charge in [0.25, 0.3) is 0 Å². The third-order valence-electron chi connectivity index (χ3n) is 1.81. The summed E-state index contributed by atoms with van der Waals surface area (Å²) < 4.78 is 5.11. The number of hydrogen-bond donors (Lipinski definition) is 2. The van der Waals surface area contributed by atoms with E-state index in [1.807, 2.05) is 24.3 Å². The highest BCUT2D eigenvalue weighted by Crippen LogP contribution is 2.22. The van der Waals surface area contributed by atoms with Crippen molar-refractivity contribution in [2.45, 2.75) is 0 Å². The molecule has 0 bridgehead atoms. The predicted molar refractivity (Wildman–Crippen MR) is 55.5 cm³/mol. The van der Waals surface area contributed by atoms with E-state index in [-0.39, 0.29) is 18.9 Å². The van der Waals surface area contributed by atoms with E-state index >= 15 is 0 Å². The van der Waals surface area contributed by atoms with E-state index in [1.54, 1.807) is 7.11 Å². The Morgan fingerprint density at radius 2 is 2.21 bits per heavy atom. The maximum Gasteiger partial charge on any atom is 0.165 e. The van der Waals surface area contributed by atoms with E-state index in [4.69, 9.17) is 10.5 Å². The molecular weight excluding hydrogens is 180 g/mol. The molecule has 0 heterocycles. The van der Waals surface area contributed by atoms with Gasteiger partial charge in [0.15, 0.2) is 5.78 Å². The molecule has 0 saturated carbocycles. The lowest BCUT2D eigenvalue weighted by Gasteiger charge is -2.09. The molecule has 0 aromatic heterocycles. The molecule has 0 unspecified atom stereocenters. The van der Waals surface area contributed by atoms with Gasteiger partial charge >= 0.3 is 0 Å². The van der Waals surface area contributed by atoms with Gasteiger partial charge in [-0.3, -0.25) is 4.79 Å².